The Bertz CT molecular complexity index is 613. The first kappa shape index (κ1) is 16.9. The number of hydrogen-bond donors (Lipinski definition) is 0. The van der Waals surface area contributed by atoms with Crippen molar-refractivity contribution in [1.82, 2.24) is 5.06 Å². The number of hydrogen-bond acceptors (Lipinski definition) is 5. The van der Waals surface area contributed by atoms with E-state index in [9.17, 15) is 14.4 Å². The summed E-state index contributed by atoms with van der Waals surface area (Å²) in [6, 6.07) is 8.30. The third-order valence-electron chi connectivity index (χ3n) is 3.69. The lowest BCUT2D eigenvalue weighted by molar-refractivity contribution is -0.180. The van der Waals surface area contributed by atoms with Gasteiger partial charge in [-0.3, -0.25) is 19.2 Å². The molecule has 1 saturated heterocycles. The highest BCUT2D eigenvalue weighted by atomic mass is 16.7. The minimum atomic E-state index is -1.45. The van der Waals surface area contributed by atoms with Gasteiger partial charge in [-0.15, -0.1) is 5.06 Å². The van der Waals surface area contributed by atoms with E-state index in [-0.39, 0.29) is 19.6 Å². The van der Waals surface area contributed by atoms with E-state index in [1.807, 2.05) is 0 Å². The average molecular weight is 317 g/mol. The molecule has 1 fully saturated rings. The van der Waals surface area contributed by atoms with Gasteiger partial charge in [0.15, 0.2) is 0 Å². The molecule has 2 rings (SSSR count). The molecule has 0 saturated carbocycles. The molecular weight excluding hydrogens is 298 g/mol. The second-order valence-corrected chi connectivity index (χ2v) is 5.43. The number of esters is 1. The van der Waals surface area contributed by atoms with Crippen molar-refractivity contribution in [2.75, 3.05) is 13.2 Å². The summed E-state index contributed by atoms with van der Waals surface area (Å²) in [7, 11) is 0. The number of nitrogens with zero attached hydrogens (tertiary/aromatic N) is 1. The number of carbonyl (C=O) groups is 3. The van der Waals surface area contributed by atoms with E-state index in [2.05, 4.69) is 6.58 Å². The molecule has 0 bridgehead atoms. The van der Waals surface area contributed by atoms with Crippen molar-refractivity contribution in [3.8, 4) is 0 Å². The molecular formula is C17H19NO5. The van der Waals surface area contributed by atoms with Crippen molar-refractivity contribution in [1.29, 1.82) is 0 Å². The maximum Gasteiger partial charge on any atom is 0.321 e. The molecule has 1 atom stereocenters. The van der Waals surface area contributed by atoms with E-state index in [1.165, 1.54) is 13.0 Å². The maximum atomic E-state index is 12.7. The van der Waals surface area contributed by atoms with Gasteiger partial charge in [0, 0.05) is 5.56 Å². The SMILES string of the molecule is C=CCOC(=O)C1(C)CCCON(C(=O)c2ccccc2)C1=O. The van der Waals surface area contributed by atoms with E-state index in [4.69, 9.17) is 9.57 Å². The Balaban J connectivity index is 2.27. The lowest BCUT2D eigenvalue weighted by atomic mass is 9.84. The molecule has 1 aliphatic heterocycles. The van der Waals surface area contributed by atoms with Crippen LogP contribution in [-0.2, 0) is 19.2 Å². The van der Waals surface area contributed by atoms with Crippen molar-refractivity contribution >= 4 is 17.8 Å². The van der Waals surface area contributed by atoms with Crippen LogP contribution in [0.5, 0.6) is 0 Å². The smallest absolute Gasteiger partial charge is 0.321 e. The van der Waals surface area contributed by atoms with Gasteiger partial charge < -0.3 is 4.74 Å². The first-order valence-corrected chi connectivity index (χ1v) is 7.35. The summed E-state index contributed by atoms with van der Waals surface area (Å²) in [6.07, 6.45) is 2.14. The van der Waals surface area contributed by atoms with Crippen LogP contribution < -0.4 is 0 Å². The topological polar surface area (TPSA) is 72.9 Å². The number of imide groups is 1. The minimum Gasteiger partial charge on any atom is -0.461 e. The molecule has 1 unspecified atom stereocenters. The zero-order valence-corrected chi connectivity index (χ0v) is 13.0. The van der Waals surface area contributed by atoms with Crippen molar-refractivity contribution in [2.24, 2.45) is 5.41 Å². The van der Waals surface area contributed by atoms with Gasteiger partial charge in [-0.1, -0.05) is 30.9 Å². The van der Waals surface area contributed by atoms with Gasteiger partial charge in [-0.05, 0) is 31.9 Å². The lowest BCUT2D eigenvalue weighted by Crippen LogP contribution is -2.48. The summed E-state index contributed by atoms with van der Waals surface area (Å²) >= 11 is 0. The van der Waals surface area contributed by atoms with Crippen LogP contribution >= 0.6 is 0 Å². The molecule has 6 nitrogen and oxygen atoms in total. The maximum absolute atomic E-state index is 12.7. The Hall–Kier alpha value is -2.47. The number of ether oxygens (including phenoxy) is 1. The summed E-state index contributed by atoms with van der Waals surface area (Å²) < 4.78 is 5.02. The van der Waals surface area contributed by atoms with Crippen LogP contribution in [0.1, 0.15) is 30.1 Å². The van der Waals surface area contributed by atoms with Crippen molar-refractivity contribution in [3.63, 3.8) is 0 Å². The second kappa shape index (κ2) is 7.19. The van der Waals surface area contributed by atoms with Crippen LogP contribution in [0, 0.1) is 5.41 Å². The molecule has 1 aliphatic rings. The monoisotopic (exact) mass is 317 g/mol. The average Bonchev–Trinajstić information content (AvgIpc) is 2.73. The highest BCUT2D eigenvalue weighted by Crippen LogP contribution is 2.31. The Morgan fingerprint density at radius 3 is 2.74 bits per heavy atom. The summed E-state index contributed by atoms with van der Waals surface area (Å²) in [4.78, 5) is 42.8. The van der Waals surface area contributed by atoms with Gasteiger partial charge in [-0.25, -0.2) is 0 Å². The first-order valence-electron chi connectivity index (χ1n) is 7.35. The van der Waals surface area contributed by atoms with Crippen LogP contribution in [-0.4, -0.2) is 36.1 Å². The van der Waals surface area contributed by atoms with Gasteiger partial charge in [0.25, 0.3) is 11.8 Å². The van der Waals surface area contributed by atoms with Crippen LogP contribution in [0.4, 0.5) is 0 Å². The zero-order valence-electron chi connectivity index (χ0n) is 13.0. The predicted octanol–water partition coefficient (Wildman–Crippen LogP) is 2.12. The molecule has 0 aromatic heterocycles. The molecule has 122 valence electrons. The molecule has 0 aliphatic carbocycles. The second-order valence-electron chi connectivity index (χ2n) is 5.43. The Kier molecular flexibility index (Phi) is 5.28. The fourth-order valence-corrected chi connectivity index (χ4v) is 2.30. The summed E-state index contributed by atoms with van der Waals surface area (Å²) in [5, 5.41) is 0.678. The Labute approximate surface area is 134 Å². The number of hydroxylamine groups is 2. The summed E-state index contributed by atoms with van der Waals surface area (Å²) in [5.41, 5.74) is -1.14. The fourth-order valence-electron chi connectivity index (χ4n) is 2.30. The van der Waals surface area contributed by atoms with Gasteiger partial charge in [0.05, 0.1) is 6.61 Å². The molecule has 0 radical (unpaired) electrons. The van der Waals surface area contributed by atoms with E-state index in [0.717, 1.165) is 0 Å². The molecule has 1 heterocycles. The Morgan fingerprint density at radius 2 is 2.09 bits per heavy atom. The Morgan fingerprint density at radius 1 is 1.39 bits per heavy atom. The number of carbonyl (C=O) groups excluding carboxylic acids is 3. The van der Waals surface area contributed by atoms with Gasteiger partial charge in [0.2, 0.25) is 0 Å². The van der Waals surface area contributed by atoms with Gasteiger partial charge in [-0.2, -0.15) is 0 Å². The van der Waals surface area contributed by atoms with Crippen LogP contribution in [0.25, 0.3) is 0 Å². The van der Waals surface area contributed by atoms with Crippen LogP contribution in [0.2, 0.25) is 0 Å². The lowest BCUT2D eigenvalue weighted by Gasteiger charge is -2.27. The molecule has 0 spiro atoms. The molecule has 1 aromatic carbocycles. The summed E-state index contributed by atoms with van der Waals surface area (Å²) in [5.74, 6) is -1.99. The summed E-state index contributed by atoms with van der Waals surface area (Å²) in [6.45, 7) is 5.13. The predicted molar refractivity (Wildman–Crippen MR) is 82.1 cm³/mol. The zero-order chi connectivity index (χ0) is 16.9. The quantitative estimate of drug-likeness (QED) is 0.368. The van der Waals surface area contributed by atoms with Crippen LogP contribution in [0.3, 0.4) is 0 Å². The first-order chi connectivity index (χ1) is 11.0. The van der Waals surface area contributed by atoms with Crippen molar-refractivity contribution < 1.29 is 24.0 Å². The van der Waals surface area contributed by atoms with Gasteiger partial charge in [0.1, 0.15) is 12.0 Å². The molecule has 1 aromatic rings. The highest BCUT2D eigenvalue weighted by Gasteiger charge is 2.48. The molecule has 6 heteroatoms. The molecule has 2 amide bonds. The molecule has 23 heavy (non-hydrogen) atoms. The standard InChI is InChI=1S/C17H19NO5/c1-3-11-22-16(21)17(2)10-7-12-23-18(15(17)20)14(19)13-8-5-4-6-9-13/h3-6,8-9H,1,7,10-12H2,2H3. The van der Waals surface area contributed by atoms with E-state index in [0.29, 0.717) is 17.0 Å². The number of rotatable bonds is 4. The highest BCUT2D eigenvalue weighted by molar-refractivity contribution is 6.11. The van der Waals surface area contributed by atoms with E-state index in [1.54, 1.807) is 30.3 Å². The largest absolute Gasteiger partial charge is 0.461 e. The minimum absolute atomic E-state index is 0.00912. The van der Waals surface area contributed by atoms with E-state index >= 15 is 0 Å². The van der Waals surface area contributed by atoms with E-state index < -0.39 is 23.2 Å². The molecule has 0 N–H and O–H groups in total. The van der Waals surface area contributed by atoms with Gasteiger partial charge >= 0.3 is 5.97 Å². The third-order valence-corrected chi connectivity index (χ3v) is 3.69. The van der Waals surface area contributed by atoms with Crippen molar-refractivity contribution in [3.05, 3.63) is 48.6 Å². The fraction of sp³-hybridized carbons (Fsp3) is 0.353. The van der Waals surface area contributed by atoms with Crippen LogP contribution in [0.15, 0.2) is 43.0 Å². The number of amides is 2. The third kappa shape index (κ3) is 3.48. The normalized spacial score (nSPS) is 21.4. The van der Waals surface area contributed by atoms with Crippen molar-refractivity contribution in [2.45, 2.75) is 19.8 Å². The number of benzene rings is 1.